The van der Waals surface area contributed by atoms with Crippen molar-refractivity contribution in [3.63, 3.8) is 0 Å². The lowest BCUT2D eigenvalue weighted by Crippen LogP contribution is -2.63. The number of rotatable bonds is 6. The molecule has 1 aromatic rings. The molecule has 0 aromatic heterocycles. The second kappa shape index (κ2) is 8.03. The molecule has 0 radical (unpaired) electrons. The third-order valence-electron chi connectivity index (χ3n) is 3.91. The van der Waals surface area contributed by atoms with Gasteiger partial charge in [-0.3, -0.25) is 25.1 Å². The highest BCUT2D eigenvalue weighted by atomic mass is 16.5. The predicted octanol–water partition coefficient (Wildman–Crippen LogP) is 0.689. The molecule has 1 fully saturated rings. The van der Waals surface area contributed by atoms with Gasteiger partial charge in [-0.15, -0.1) is 0 Å². The molecule has 1 aromatic carbocycles. The lowest BCUT2D eigenvalue weighted by atomic mass is 10.00. The van der Waals surface area contributed by atoms with Crippen molar-refractivity contribution in [1.82, 2.24) is 9.91 Å². The van der Waals surface area contributed by atoms with Crippen LogP contribution in [0.2, 0.25) is 0 Å². The summed E-state index contributed by atoms with van der Waals surface area (Å²) in [6.07, 6.45) is -0.0281. The van der Waals surface area contributed by atoms with Crippen molar-refractivity contribution in [2.24, 2.45) is 11.8 Å². The van der Waals surface area contributed by atoms with Crippen molar-refractivity contribution in [2.75, 3.05) is 13.1 Å². The first-order valence-corrected chi connectivity index (χ1v) is 7.95. The van der Waals surface area contributed by atoms with Crippen LogP contribution in [-0.4, -0.2) is 46.8 Å². The fourth-order valence-electron chi connectivity index (χ4n) is 2.68. The van der Waals surface area contributed by atoms with E-state index in [-0.39, 0.29) is 37.9 Å². The van der Waals surface area contributed by atoms with Crippen LogP contribution in [0.3, 0.4) is 0 Å². The number of ether oxygens (including phenoxy) is 1. The molecule has 7 nitrogen and oxygen atoms in total. The maximum absolute atomic E-state index is 12.4. The first-order chi connectivity index (χ1) is 11.4. The van der Waals surface area contributed by atoms with Gasteiger partial charge in [0.15, 0.2) is 0 Å². The molecule has 0 saturated carbocycles. The normalized spacial score (nSPS) is 19.0. The van der Waals surface area contributed by atoms with E-state index >= 15 is 0 Å². The number of hydrogen-bond acceptors (Lipinski definition) is 6. The monoisotopic (exact) mass is 333 g/mol. The Morgan fingerprint density at radius 3 is 2.58 bits per heavy atom. The van der Waals surface area contributed by atoms with E-state index < -0.39 is 17.9 Å². The minimum absolute atomic E-state index is 0.0162. The molecule has 0 aliphatic carbocycles. The Kier molecular flexibility index (Phi) is 6.05. The average molecular weight is 333 g/mol. The van der Waals surface area contributed by atoms with Crippen LogP contribution < -0.4 is 5.84 Å². The smallest absolute Gasteiger partial charge is 0.307 e. The molecule has 0 unspecified atom stereocenters. The summed E-state index contributed by atoms with van der Waals surface area (Å²) in [7, 11) is 0. The van der Waals surface area contributed by atoms with Crippen molar-refractivity contribution in [2.45, 2.75) is 32.9 Å². The van der Waals surface area contributed by atoms with Gasteiger partial charge in [0.2, 0.25) is 11.8 Å². The average Bonchev–Trinajstić information content (AvgIpc) is 2.53. The zero-order chi connectivity index (χ0) is 17.7. The number of amides is 2. The molecule has 7 heteroatoms. The topological polar surface area (TPSA) is 92.9 Å². The lowest BCUT2D eigenvalue weighted by molar-refractivity contribution is -0.158. The molecule has 2 rings (SSSR count). The number of imide groups is 1. The largest absolute Gasteiger partial charge is 0.461 e. The minimum Gasteiger partial charge on any atom is -0.461 e. The number of benzene rings is 1. The molecule has 1 heterocycles. The Hall–Kier alpha value is -2.25. The third kappa shape index (κ3) is 4.39. The molecule has 1 atom stereocenters. The van der Waals surface area contributed by atoms with Crippen molar-refractivity contribution in [1.29, 1.82) is 0 Å². The van der Waals surface area contributed by atoms with Crippen LogP contribution in [0.5, 0.6) is 0 Å². The molecular formula is C17H23N3O4. The fraction of sp³-hybridized carbons (Fsp3) is 0.471. The highest BCUT2D eigenvalue weighted by Crippen LogP contribution is 2.17. The molecule has 1 saturated heterocycles. The number of hydrazine groups is 1. The number of esters is 1. The number of hydrogen-bond donors (Lipinski definition) is 1. The Morgan fingerprint density at radius 2 is 1.96 bits per heavy atom. The Morgan fingerprint density at radius 1 is 1.29 bits per heavy atom. The zero-order valence-electron chi connectivity index (χ0n) is 14.0. The lowest BCUT2D eigenvalue weighted by Gasteiger charge is -2.38. The first-order valence-electron chi connectivity index (χ1n) is 7.95. The molecule has 2 N–H and O–H groups in total. The van der Waals surface area contributed by atoms with E-state index in [1.165, 1.54) is 5.01 Å². The van der Waals surface area contributed by atoms with Crippen LogP contribution in [0.25, 0.3) is 0 Å². The molecule has 2 amide bonds. The molecule has 130 valence electrons. The van der Waals surface area contributed by atoms with Crippen LogP contribution in [-0.2, 0) is 25.7 Å². The van der Waals surface area contributed by atoms with Crippen LogP contribution in [0.1, 0.15) is 25.8 Å². The summed E-state index contributed by atoms with van der Waals surface area (Å²) in [6, 6.07) is 8.76. The summed E-state index contributed by atoms with van der Waals surface area (Å²) < 4.78 is 5.16. The molecular weight excluding hydrogens is 310 g/mol. The van der Waals surface area contributed by atoms with Gasteiger partial charge >= 0.3 is 5.97 Å². The van der Waals surface area contributed by atoms with Crippen LogP contribution in [0.4, 0.5) is 0 Å². The predicted molar refractivity (Wildman–Crippen MR) is 87.1 cm³/mol. The van der Waals surface area contributed by atoms with Gasteiger partial charge in [0, 0.05) is 6.54 Å². The van der Waals surface area contributed by atoms with Gasteiger partial charge in [0.05, 0.1) is 13.0 Å². The second-order valence-electron chi connectivity index (χ2n) is 6.14. The summed E-state index contributed by atoms with van der Waals surface area (Å²) >= 11 is 0. The Labute approximate surface area is 141 Å². The van der Waals surface area contributed by atoms with E-state index in [1.807, 2.05) is 44.2 Å². The Balaban J connectivity index is 1.86. The van der Waals surface area contributed by atoms with Gasteiger partial charge in [0.1, 0.15) is 12.6 Å². The third-order valence-corrected chi connectivity index (χ3v) is 3.91. The van der Waals surface area contributed by atoms with Gasteiger partial charge < -0.3 is 4.74 Å². The number of nitrogens with two attached hydrogens (primary N) is 1. The van der Waals surface area contributed by atoms with Crippen molar-refractivity contribution >= 4 is 17.8 Å². The standard InChI is InChI=1S/C17H23N3O4/c1-12(2)16-17(23)19(14(21)10-20(16)18)9-8-15(22)24-11-13-6-4-3-5-7-13/h3-7,12,16H,8-11,18H2,1-2H3/t16-/m0/s1. The number of carbonyl (C=O) groups is 3. The molecule has 1 aliphatic heterocycles. The summed E-state index contributed by atoms with van der Waals surface area (Å²) in [5, 5.41) is 1.26. The zero-order valence-corrected chi connectivity index (χ0v) is 14.0. The van der Waals surface area contributed by atoms with Crippen LogP contribution in [0.15, 0.2) is 30.3 Å². The van der Waals surface area contributed by atoms with E-state index in [1.54, 1.807) is 0 Å². The number of piperazine rings is 1. The molecule has 1 aliphatic rings. The highest BCUT2D eigenvalue weighted by molar-refractivity contribution is 6.01. The van der Waals surface area contributed by atoms with Crippen molar-refractivity contribution in [3.8, 4) is 0 Å². The van der Waals surface area contributed by atoms with Gasteiger partial charge in [-0.25, -0.2) is 5.01 Å². The van der Waals surface area contributed by atoms with E-state index in [0.29, 0.717) is 0 Å². The van der Waals surface area contributed by atoms with Crippen LogP contribution in [0, 0.1) is 5.92 Å². The van der Waals surface area contributed by atoms with E-state index in [9.17, 15) is 14.4 Å². The number of nitrogens with zero attached hydrogens (tertiary/aromatic N) is 2. The quantitative estimate of drug-likeness (QED) is 0.468. The SMILES string of the molecule is CC(C)[C@H]1C(=O)N(CCC(=O)OCc2ccccc2)C(=O)CN1N. The van der Waals surface area contributed by atoms with Gasteiger partial charge in [-0.05, 0) is 11.5 Å². The molecule has 0 bridgehead atoms. The summed E-state index contributed by atoms with van der Waals surface area (Å²) in [4.78, 5) is 37.4. The maximum Gasteiger partial charge on any atom is 0.307 e. The van der Waals surface area contributed by atoms with Crippen molar-refractivity contribution in [3.05, 3.63) is 35.9 Å². The van der Waals surface area contributed by atoms with E-state index in [2.05, 4.69) is 0 Å². The first kappa shape index (κ1) is 18.1. The summed E-state index contributed by atoms with van der Waals surface area (Å²) in [5.74, 6) is 4.54. The maximum atomic E-state index is 12.4. The highest BCUT2D eigenvalue weighted by Gasteiger charge is 2.40. The van der Waals surface area contributed by atoms with Crippen molar-refractivity contribution < 1.29 is 19.1 Å². The van der Waals surface area contributed by atoms with Crippen LogP contribution >= 0.6 is 0 Å². The summed E-state index contributed by atoms with van der Waals surface area (Å²) in [6.45, 7) is 3.89. The van der Waals surface area contributed by atoms with Gasteiger partial charge in [-0.1, -0.05) is 44.2 Å². The second-order valence-corrected chi connectivity index (χ2v) is 6.14. The molecule has 24 heavy (non-hydrogen) atoms. The number of carbonyl (C=O) groups excluding carboxylic acids is 3. The fourth-order valence-corrected chi connectivity index (χ4v) is 2.68. The van der Waals surface area contributed by atoms with Gasteiger partial charge in [-0.2, -0.15) is 0 Å². The Bertz CT molecular complexity index is 603. The summed E-state index contributed by atoms with van der Waals surface area (Å²) in [5.41, 5.74) is 0.884. The van der Waals surface area contributed by atoms with E-state index in [0.717, 1.165) is 10.5 Å². The van der Waals surface area contributed by atoms with E-state index in [4.69, 9.17) is 10.6 Å². The molecule has 0 spiro atoms. The minimum atomic E-state index is -0.553. The van der Waals surface area contributed by atoms with Gasteiger partial charge in [0.25, 0.3) is 0 Å².